The highest BCUT2D eigenvalue weighted by atomic mass is 16.2. The summed E-state index contributed by atoms with van der Waals surface area (Å²) >= 11 is 0. The summed E-state index contributed by atoms with van der Waals surface area (Å²) in [7, 11) is 0. The van der Waals surface area contributed by atoms with Gasteiger partial charge in [-0.1, -0.05) is 33.6 Å². The van der Waals surface area contributed by atoms with Crippen LogP contribution in [0.2, 0.25) is 0 Å². The number of carbonyl (C=O) groups excluding carboxylic acids is 2. The van der Waals surface area contributed by atoms with Gasteiger partial charge in [-0.25, -0.2) is 4.79 Å². The van der Waals surface area contributed by atoms with E-state index >= 15 is 0 Å². The summed E-state index contributed by atoms with van der Waals surface area (Å²) in [6.07, 6.45) is 6.17. The van der Waals surface area contributed by atoms with Gasteiger partial charge in [0.15, 0.2) is 0 Å². The predicted octanol–water partition coefficient (Wildman–Crippen LogP) is 2.78. The molecule has 1 saturated heterocycles. The van der Waals surface area contributed by atoms with Gasteiger partial charge >= 0.3 is 6.03 Å². The first-order valence-corrected chi connectivity index (χ1v) is 7.52. The Morgan fingerprint density at radius 3 is 2.53 bits per heavy atom. The van der Waals surface area contributed by atoms with Crippen molar-refractivity contribution in [3.8, 4) is 0 Å². The average Bonchev–Trinajstić information content (AvgIpc) is 2.73. The number of hydrogen-bond acceptors (Lipinski definition) is 2. The molecule has 1 unspecified atom stereocenters. The number of amides is 3. The highest BCUT2D eigenvalue weighted by molar-refractivity contribution is 5.97. The number of nitrogens with zero attached hydrogens (tertiary/aromatic N) is 1. The van der Waals surface area contributed by atoms with Gasteiger partial charge in [0.2, 0.25) is 5.91 Å². The lowest BCUT2D eigenvalue weighted by Crippen LogP contribution is -2.56. The van der Waals surface area contributed by atoms with Crippen LogP contribution < -0.4 is 5.32 Å². The highest BCUT2D eigenvalue weighted by Crippen LogP contribution is 2.44. The molecule has 2 aliphatic rings. The first-order chi connectivity index (χ1) is 8.92. The first-order valence-electron chi connectivity index (χ1n) is 7.52. The molecule has 1 heterocycles. The van der Waals surface area contributed by atoms with Gasteiger partial charge in [-0.3, -0.25) is 10.1 Å². The van der Waals surface area contributed by atoms with Gasteiger partial charge in [-0.2, -0.15) is 0 Å². The Morgan fingerprint density at radius 1 is 1.32 bits per heavy atom. The molecule has 0 radical (unpaired) electrons. The van der Waals surface area contributed by atoms with Crippen molar-refractivity contribution in [3.63, 3.8) is 0 Å². The smallest absolute Gasteiger partial charge is 0.323 e. The molecular weight excluding hydrogens is 240 g/mol. The van der Waals surface area contributed by atoms with E-state index in [-0.39, 0.29) is 23.3 Å². The minimum absolute atomic E-state index is 0.0878. The topological polar surface area (TPSA) is 49.4 Å². The molecule has 4 heteroatoms. The Bertz CT molecular complexity index is 359. The second-order valence-electron chi connectivity index (χ2n) is 6.88. The second-order valence-corrected chi connectivity index (χ2v) is 6.88. The molecule has 4 nitrogen and oxygen atoms in total. The van der Waals surface area contributed by atoms with E-state index in [1.807, 2.05) is 11.8 Å². The van der Waals surface area contributed by atoms with Crippen molar-refractivity contribution >= 4 is 11.9 Å². The minimum atomic E-state index is -0.196. The van der Waals surface area contributed by atoms with E-state index in [9.17, 15) is 9.59 Å². The Kier molecular flexibility index (Phi) is 4.16. The zero-order valence-corrected chi connectivity index (χ0v) is 12.4. The molecule has 1 aliphatic carbocycles. The summed E-state index contributed by atoms with van der Waals surface area (Å²) in [6, 6.07) is -0.196. The van der Waals surface area contributed by atoms with E-state index in [1.54, 1.807) is 0 Å². The molecule has 0 aromatic carbocycles. The van der Waals surface area contributed by atoms with Gasteiger partial charge in [0, 0.05) is 13.1 Å². The standard InChI is InChI=1S/C15H26N2O2/c1-11(2)8-15(6-4-5-7-15)10-17-9-12(3)13(18)16-14(17)19/h11-12H,4-10H2,1-3H3,(H,16,18,19). The zero-order chi connectivity index (χ0) is 14.0. The molecule has 0 bridgehead atoms. The lowest BCUT2D eigenvalue weighted by Gasteiger charge is -2.39. The molecule has 1 atom stereocenters. The van der Waals surface area contributed by atoms with Crippen LogP contribution in [0.25, 0.3) is 0 Å². The van der Waals surface area contributed by atoms with Gasteiger partial charge in [0.05, 0.1) is 5.92 Å². The Balaban J connectivity index is 2.04. The fraction of sp³-hybridized carbons (Fsp3) is 0.867. The average molecular weight is 266 g/mol. The summed E-state index contributed by atoms with van der Waals surface area (Å²) in [4.78, 5) is 25.3. The van der Waals surface area contributed by atoms with E-state index in [0.29, 0.717) is 12.5 Å². The number of hydrogen-bond donors (Lipinski definition) is 1. The molecule has 108 valence electrons. The van der Waals surface area contributed by atoms with Crippen molar-refractivity contribution in [3.05, 3.63) is 0 Å². The highest BCUT2D eigenvalue weighted by Gasteiger charge is 2.39. The molecule has 0 spiro atoms. The largest absolute Gasteiger partial charge is 0.324 e. The third kappa shape index (κ3) is 3.28. The fourth-order valence-electron chi connectivity index (χ4n) is 3.76. The number of imide groups is 1. The SMILES string of the molecule is CC(C)CC1(CN2CC(C)C(=O)NC2=O)CCCC1. The van der Waals surface area contributed by atoms with E-state index in [4.69, 9.17) is 0 Å². The fourth-order valence-corrected chi connectivity index (χ4v) is 3.76. The lowest BCUT2D eigenvalue weighted by atomic mass is 9.78. The van der Waals surface area contributed by atoms with Crippen LogP contribution in [0.4, 0.5) is 4.79 Å². The van der Waals surface area contributed by atoms with Crippen LogP contribution in [0, 0.1) is 17.3 Å². The zero-order valence-electron chi connectivity index (χ0n) is 12.4. The predicted molar refractivity (Wildman–Crippen MR) is 74.6 cm³/mol. The van der Waals surface area contributed by atoms with E-state index in [0.717, 1.165) is 6.54 Å². The van der Waals surface area contributed by atoms with Crippen LogP contribution in [-0.4, -0.2) is 29.9 Å². The van der Waals surface area contributed by atoms with Gasteiger partial charge in [-0.15, -0.1) is 0 Å². The first kappa shape index (κ1) is 14.4. The molecule has 1 aliphatic heterocycles. The van der Waals surface area contributed by atoms with E-state index in [2.05, 4.69) is 19.2 Å². The number of urea groups is 1. The normalized spacial score (nSPS) is 26.9. The summed E-state index contributed by atoms with van der Waals surface area (Å²) in [6.45, 7) is 7.78. The molecule has 0 aromatic heterocycles. The van der Waals surface area contributed by atoms with Crippen LogP contribution in [0.1, 0.15) is 52.9 Å². The quantitative estimate of drug-likeness (QED) is 0.850. The molecule has 19 heavy (non-hydrogen) atoms. The van der Waals surface area contributed by atoms with Crippen molar-refractivity contribution in [2.45, 2.75) is 52.9 Å². The maximum absolute atomic E-state index is 12.0. The van der Waals surface area contributed by atoms with Crippen molar-refractivity contribution in [2.75, 3.05) is 13.1 Å². The lowest BCUT2D eigenvalue weighted by molar-refractivity contribution is -0.125. The van der Waals surface area contributed by atoms with Gasteiger partial charge in [0.25, 0.3) is 0 Å². The van der Waals surface area contributed by atoms with Crippen LogP contribution >= 0.6 is 0 Å². The van der Waals surface area contributed by atoms with E-state index in [1.165, 1.54) is 32.1 Å². The molecule has 1 N–H and O–H groups in total. The Morgan fingerprint density at radius 2 is 1.95 bits per heavy atom. The summed E-state index contributed by atoms with van der Waals surface area (Å²) in [5.74, 6) is 0.436. The second kappa shape index (κ2) is 5.51. The van der Waals surface area contributed by atoms with Crippen LogP contribution in [0.15, 0.2) is 0 Å². The van der Waals surface area contributed by atoms with Crippen molar-refractivity contribution in [2.24, 2.45) is 17.3 Å². The van der Waals surface area contributed by atoms with Gasteiger partial charge in [-0.05, 0) is 30.6 Å². The molecule has 3 amide bonds. The summed E-state index contributed by atoms with van der Waals surface area (Å²) in [5, 5.41) is 2.47. The number of carbonyl (C=O) groups is 2. The maximum Gasteiger partial charge on any atom is 0.324 e. The third-order valence-corrected chi connectivity index (χ3v) is 4.49. The van der Waals surface area contributed by atoms with Crippen LogP contribution in [0.5, 0.6) is 0 Å². The molecule has 1 saturated carbocycles. The van der Waals surface area contributed by atoms with Crippen LogP contribution in [0.3, 0.4) is 0 Å². The van der Waals surface area contributed by atoms with E-state index < -0.39 is 0 Å². The number of nitrogens with one attached hydrogen (secondary N) is 1. The van der Waals surface area contributed by atoms with Crippen molar-refractivity contribution in [1.82, 2.24) is 10.2 Å². The van der Waals surface area contributed by atoms with Gasteiger partial charge in [0.1, 0.15) is 0 Å². The monoisotopic (exact) mass is 266 g/mol. The Hall–Kier alpha value is -1.06. The third-order valence-electron chi connectivity index (χ3n) is 4.49. The van der Waals surface area contributed by atoms with Gasteiger partial charge < -0.3 is 4.90 Å². The summed E-state index contributed by atoms with van der Waals surface area (Å²) in [5.41, 5.74) is 0.283. The number of rotatable bonds is 4. The van der Waals surface area contributed by atoms with Crippen molar-refractivity contribution in [1.29, 1.82) is 0 Å². The van der Waals surface area contributed by atoms with Crippen molar-refractivity contribution < 1.29 is 9.59 Å². The molecule has 2 rings (SSSR count). The van der Waals surface area contributed by atoms with Crippen LogP contribution in [-0.2, 0) is 4.79 Å². The summed E-state index contributed by atoms with van der Waals surface area (Å²) < 4.78 is 0. The molecule has 2 fully saturated rings. The molecular formula is C15H26N2O2. The maximum atomic E-state index is 12.0. The molecule has 0 aromatic rings. The minimum Gasteiger partial charge on any atom is -0.323 e. The Labute approximate surface area is 115 Å².